The second-order valence-electron chi connectivity index (χ2n) is 4.24. The second kappa shape index (κ2) is 7.44. The van der Waals surface area contributed by atoms with Crippen molar-refractivity contribution >= 4 is 11.9 Å². The minimum absolute atomic E-state index is 0.181. The van der Waals surface area contributed by atoms with E-state index in [1.807, 2.05) is 0 Å². The standard InChI is InChI=1S/C15H18O6/c1-9(14(17)20-3)12(15(18)21-4)13(16)10-6-5-7-11(8-10)19-2/h5-8,12-13,16H,1H2,2-4H3/t12-,13+/m1/s1. The first-order valence-corrected chi connectivity index (χ1v) is 6.13. The number of aliphatic hydroxyl groups is 1. The van der Waals surface area contributed by atoms with E-state index >= 15 is 0 Å². The average molecular weight is 294 g/mol. The molecule has 0 saturated carbocycles. The maximum atomic E-state index is 11.9. The van der Waals surface area contributed by atoms with E-state index in [4.69, 9.17) is 4.74 Å². The highest BCUT2D eigenvalue weighted by Gasteiger charge is 2.35. The van der Waals surface area contributed by atoms with Gasteiger partial charge < -0.3 is 19.3 Å². The van der Waals surface area contributed by atoms with Crippen LogP contribution in [-0.4, -0.2) is 38.4 Å². The number of benzene rings is 1. The summed E-state index contributed by atoms with van der Waals surface area (Å²) in [5.74, 6) is -2.30. The van der Waals surface area contributed by atoms with Gasteiger partial charge in [0.2, 0.25) is 0 Å². The molecule has 0 unspecified atom stereocenters. The molecule has 2 atom stereocenters. The lowest BCUT2D eigenvalue weighted by Crippen LogP contribution is -2.29. The molecule has 0 spiro atoms. The van der Waals surface area contributed by atoms with Gasteiger partial charge in [-0.2, -0.15) is 0 Å². The largest absolute Gasteiger partial charge is 0.497 e. The van der Waals surface area contributed by atoms with Crippen LogP contribution >= 0.6 is 0 Å². The fraction of sp³-hybridized carbons (Fsp3) is 0.333. The number of ether oxygens (including phenoxy) is 3. The van der Waals surface area contributed by atoms with E-state index < -0.39 is 24.0 Å². The quantitative estimate of drug-likeness (QED) is 0.628. The van der Waals surface area contributed by atoms with Crippen LogP contribution in [0.1, 0.15) is 11.7 Å². The van der Waals surface area contributed by atoms with Crippen LogP contribution in [0, 0.1) is 5.92 Å². The minimum Gasteiger partial charge on any atom is -0.497 e. The summed E-state index contributed by atoms with van der Waals surface area (Å²) in [6.45, 7) is 3.52. The lowest BCUT2D eigenvalue weighted by Gasteiger charge is -2.22. The van der Waals surface area contributed by atoms with Crippen LogP contribution in [-0.2, 0) is 19.1 Å². The van der Waals surface area contributed by atoms with Crippen molar-refractivity contribution in [2.45, 2.75) is 6.10 Å². The summed E-state index contributed by atoms with van der Waals surface area (Å²) in [4.78, 5) is 23.4. The zero-order valence-electron chi connectivity index (χ0n) is 12.2. The molecule has 6 heteroatoms. The van der Waals surface area contributed by atoms with Gasteiger partial charge in [-0.25, -0.2) is 4.79 Å². The number of methoxy groups -OCH3 is 3. The van der Waals surface area contributed by atoms with Crippen molar-refractivity contribution in [2.75, 3.05) is 21.3 Å². The number of hydrogen-bond acceptors (Lipinski definition) is 6. The maximum Gasteiger partial charge on any atom is 0.334 e. The maximum absolute atomic E-state index is 11.9. The molecule has 0 aromatic heterocycles. The molecule has 1 aromatic carbocycles. The van der Waals surface area contributed by atoms with Gasteiger partial charge in [0.25, 0.3) is 0 Å². The molecule has 1 N–H and O–H groups in total. The van der Waals surface area contributed by atoms with Gasteiger partial charge in [-0.1, -0.05) is 18.7 Å². The van der Waals surface area contributed by atoms with Crippen molar-refractivity contribution in [3.8, 4) is 5.75 Å². The highest BCUT2D eigenvalue weighted by atomic mass is 16.5. The summed E-state index contributed by atoms with van der Waals surface area (Å²) < 4.78 is 14.2. The lowest BCUT2D eigenvalue weighted by molar-refractivity contribution is -0.151. The van der Waals surface area contributed by atoms with Crippen LogP contribution in [0.5, 0.6) is 5.75 Å². The third-order valence-corrected chi connectivity index (χ3v) is 3.03. The van der Waals surface area contributed by atoms with Gasteiger partial charge >= 0.3 is 11.9 Å². The van der Waals surface area contributed by atoms with Crippen molar-refractivity contribution in [3.05, 3.63) is 42.0 Å². The van der Waals surface area contributed by atoms with Crippen molar-refractivity contribution < 1.29 is 28.9 Å². The zero-order valence-corrected chi connectivity index (χ0v) is 12.2. The van der Waals surface area contributed by atoms with Crippen molar-refractivity contribution in [2.24, 2.45) is 5.92 Å². The molecule has 0 aliphatic carbocycles. The summed E-state index contributed by atoms with van der Waals surface area (Å²) in [5.41, 5.74) is 0.217. The number of carbonyl (C=O) groups excluding carboxylic acids is 2. The molecule has 0 aliphatic rings. The monoisotopic (exact) mass is 294 g/mol. The van der Waals surface area contributed by atoms with E-state index in [2.05, 4.69) is 16.1 Å². The molecule has 1 rings (SSSR count). The van der Waals surface area contributed by atoms with Crippen LogP contribution in [0.2, 0.25) is 0 Å². The molecule has 0 aliphatic heterocycles. The minimum atomic E-state index is -1.31. The van der Waals surface area contributed by atoms with Crippen LogP contribution < -0.4 is 4.74 Å². The van der Waals surface area contributed by atoms with Gasteiger partial charge in [0.1, 0.15) is 11.7 Å². The molecule has 1 aromatic rings. The van der Waals surface area contributed by atoms with Crippen LogP contribution in [0.3, 0.4) is 0 Å². The van der Waals surface area contributed by atoms with E-state index in [9.17, 15) is 14.7 Å². The zero-order chi connectivity index (χ0) is 16.0. The first kappa shape index (κ1) is 16.7. The summed E-state index contributed by atoms with van der Waals surface area (Å²) in [6.07, 6.45) is -1.31. The molecule has 21 heavy (non-hydrogen) atoms. The first-order chi connectivity index (χ1) is 9.96. The Balaban J connectivity index is 3.15. The van der Waals surface area contributed by atoms with Crippen LogP contribution in [0.15, 0.2) is 36.4 Å². The fourth-order valence-electron chi connectivity index (χ4n) is 1.86. The second-order valence-corrected chi connectivity index (χ2v) is 4.24. The van der Waals surface area contributed by atoms with Gasteiger partial charge in [0.05, 0.1) is 27.4 Å². The normalized spacial score (nSPS) is 13.0. The summed E-state index contributed by atoms with van der Waals surface area (Å²) in [6, 6.07) is 6.52. The van der Waals surface area contributed by atoms with Crippen LogP contribution in [0.25, 0.3) is 0 Å². The van der Waals surface area contributed by atoms with Gasteiger partial charge in [0.15, 0.2) is 0 Å². The van der Waals surface area contributed by atoms with Crippen molar-refractivity contribution in [3.63, 3.8) is 0 Å². The molecule has 0 fully saturated rings. The molecule has 0 radical (unpaired) electrons. The first-order valence-electron chi connectivity index (χ1n) is 6.13. The number of carbonyl (C=O) groups is 2. The Morgan fingerprint density at radius 3 is 2.38 bits per heavy atom. The van der Waals surface area contributed by atoms with Gasteiger partial charge in [-0.05, 0) is 17.7 Å². The predicted octanol–water partition coefficient (Wildman–Crippen LogP) is 1.25. The van der Waals surface area contributed by atoms with Gasteiger partial charge in [-0.15, -0.1) is 0 Å². The Hall–Kier alpha value is -2.34. The highest BCUT2D eigenvalue weighted by Crippen LogP contribution is 2.30. The van der Waals surface area contributed by atoms with Crippen molar-refractivity contribution in [1.29, 1.82) is 0 Å². The summed E-state index contributed by atoms with van der Waals surface area (Å²) in [7, 11) is 3.81. The molecule has 0 bridgehead atoms. The molecular formula is C15H18O6. The van der Waals surface area contributed by atoms with E-state index in [0.29, 0.717) is 11.3 Å². The molecule has 0 amide bonds. The van der Waals surface area contributed by atoms with E-state index in [1.165, 1.54) is 14.2 Å². The Bertz CT molecular complexity index is 537. The molecular weight excluding hydrogens is 276 g/mol. The molecule has 6 nitrogen and oxygen atoms in total. The third-order valence-electron chi connectivity index (χ3n) is 3.03. The molecule has 0 saturated heterocycles. The Kier molecular flexibility index (Phi) is 5.92. The number of esters is 2. The Morgan fingerprint density at radius 1 is 1.19 bits per heavy atom. The summed E-state index contributed by atoms with van der Waals surface area (Å²) in [5, 5.41) is 10.4. The number of aliphatic hydroxyl groups excluding tert-OH is 1. The Labute approximate surface area is 122 Å². The van der Waals surface area contributed by atoms with E-state index in [0.717, 1.165) is 7.11 Å². The molecule has 114 valence electrons. The lowest BCUT2D eigenvalue weighted by atomic mass is 9.89. The predicted molar refractivity (Wildman–Crippen MR) is 74.6 cm³/mol. The topological polar surface area (TPSA) is 82.1 Å². The highest BCUT2D eigenvalue weighted by molar-refractivity contribution is 5.95. The third kappa shape index (κ3) is 3.82. The smallest absolute Gasteiger partial charge is 0.334 e. The SMILES string of the molecule is C=C(C(=O)OC)[C@@H](C(=O)OC)[C@@H](O)c1cccc(OC)c1. The summed E-state index contributed by atoms with van der Waals surface area (Å²) >= 11 is 0. The number of rotatable bonds is 6. The van der Waals surface area contributed by atoms with Gasteiger partial charge in [0, 0.05) is 5.57 Å². The van der Waals surface area contributed by atoms with E-state index in [-0.39, 0.29) is 5.57 Å². The molecule has 0 heterocycles. The van der Waals surface area contributed by atoms with Crippen molar-refractivity contribution in [1.82, 2.24) is 0 Å². The van der Waals surface area contributed by atoms with E-state index in [1.54, 1.807) is 24.3 Å². The van der Waals surface area contributed by atoms with Gasteiger partial charge in [-0.3, -0.25) is 4.79 Å². The van der Waals surface area contributed by atoms with Crippen LogP contribution in [0.4, 0.5) is 0 Å². The fourth-order valence-corrected chi connectivity index (χ4v) is 1.86. The average Bonchev–Trinajstić information content (AvgIpc) is 2.53. The Morgan fingerprint density at radius 2 is 1.86 bits per heavy atom. The number of hydrogen-bond donors (Lipinski definition) is 1.